The first kappa shape index (κ1) is 17.7. The number of nitrogens with zero attached hydrogens (tertiary/aromatic N) is 2. The lowest BCUT2D eigenvalue weighted by molar-refractivity contribution is -0.123. The van der Waals surface area contributed by atoms with E-state index in [0.29, 0.717) is 9.23 Å². The summed E-state index contributed by atoms with van der Waals surface area (Å²) in [5.74, 6) is -0.0250. The molecule has 0 saturated carbocycles. The summed E-state index contributed by atoms with van der Waals surface area (Å²) in [6.07, 6.45) is 1.91. The van der Waals surface area contributed by atoms with E-state index in [1.165, 1.54) is 11.8 Å². The van der Waals surface area contributed by atoms with Crippen LogP contribution >= 0.6 is 24.0 Å². The summed E-state index contributed by atoms with van der Waals surface area (Å²) in [6, 6.07) is 18.0. The highest BCUT2D eigenvalue weighted by Crippen LogP contribution is 2.38. The van der Waals surface area contributed by atoms with Crippen LogP contribution in [-0.4, -0.2) is 29.2 Å². The van der Waals surface area contributed by atoms with Crippen molar-refractivity contribution in [2.45, 2.75) is 13.0 Å². The summed E-state index contributed by atoms with van der Waals surface area (Å²) in [6.45, 7) is 2.01. The molecule has 1 fully saturated rings. The third-order valence-electron chi connectivity index (χ3n) is 4.20. The van der Waals surface area contributed by atoms with Crippen LogP contribution in [0.5, 0.6) is 0 Å². The van der Waals surface area contributed by atoms with Gasteiger partial charge >= 0.3 is 0 Å². The minimum atomic E-state index is -0.0734. The molecule has 1 unspecified atom stereocenters. The largest absolute Gasteiger partial charge is 0.378 e. The summed E-state index contributed by atoms with van der Waals surface area (Å²) < 4.78 is 0.609. The lowest BCUT2D eigenvalue weighted by Gasteiger charge is -2.23. The number of amides is 1. The van der Waals surface area contributed by atoms with Gasteiger partial charge in [0.25, 0.3) is 5.91 Å². The molecular weight excluding hydrogens is 348 g/mol. The standard InChI is InChI=1S/C20H20N2OS2/c1-14(16-7-5-4-6-8-16)22-19(23)18(25-20(22)24)13-15-9-11-17(12-10-15)21(2)3/h4-14H,1-3H3. The molecule has 1 aliphatic heterocycles. The minimum absolute atomic E-state index is 0.0250. The second-order valence-corrected chi connectivity index (χ2v) is 7.80. The lowest BCUT2D eigenvalue weighted by atomic mass is 10.1. The van der Waals surface area contributed by atoms with Gasteiger partial charge in [0.2, 0.25) is 0 Å². The van der Waals surface area contributed by atoms with E-state index < -0.39 is 0 Å². The van der Waals surface area contributed by atoms with Crippen LogP contribution < -0.4 is 4.90 Å². The third-order valence-corrected chi connectivity index (χ3v) is 5.53. The van der Waals surface area contributed by atoms with Gasteiger partial charge in [-0.2, -0.15) is 0 Å². The normalized spacial score (nSPS) is 17.2. The van der Waals surface area contributed by atoms with Gasteiger partial charge in [0, 0.05) is 19.8 Å². The molecule has 1 aliphatic rings. The lowest BCUT2D eigenvalue weighted by Crippen LogP contribution is -2.30. The molecule has 5 heteroatoms. The molecule has 1 atom stereocenters. The molecule has 3 nitrogen and oxygen atoms in total. The molecule has 1 amide bonds. The fourth-order valence-corrected chi connectivity index (χ4v) is 4.13. The minimum Gasteiger partial charge on any atom is -0.378 e. The maximum atomic E-state index is 12.9. The number of thioether (sulfide) groups is 1. The molecule has 0 aromatic heterocycles. The predicted octanol–water partition coefficient (Wildman–Crippen LogP) is 4.72. The Kier molecular flexibility index (Phi) is 5.25. The molecular formula is C20H20N2OS2. The quantitative estimate of drug-likeness (QED) is 0.576. The SMILES string of the molecule is CC(c1ccccc1)N1C(=O)C(=Cc2ccc(N(C)C)cc2)SC1=S. The van der Waals surface area contributed by atoms with E-state index >= 15 is 0 Å². The van der Waals surface area contributed by atoms with E-state index in [1.807, 2.05) is 86.6 Å². The number of hydrogen-bond acceptors (Lipinski definition) is 4. The van der Waals surface area contributed by atoms with E-state index in [9.17, 15) is 4.79 Å². The summed E-state index contributed by atoms with van der Waals surface area (Å²) in [5.41, 5.74) is 3.20. The smallest absolute Gasteiger partial charge is 0.266 e. The number of carbonyl (C=O) groups is 1. The molecule has 0 aliphatic carbocycles. The molecule has 0 spiro atoms. The van der Waals surface area contributed by atoms with Gasteiger partial charge in [-0.3, -0.25) is 9.69 Å². The highest BCUT2D eigenvalue weighted by atomic mass is 32.2. The Morgan fingerprint density at radius 1 is 1.08 bits per heavy atom. The van der Waals surface area contributed by atoms with Crippen molar-refractivity contribution in [2.24, 2.45) is 0 Å². The number of thiocarbonyl (C=S) groups is 1. The van der Waals surface area contributed by atoms with Crippen LogP contribution in [0.15, 0.2) is 59.5 Å². The van der Waals surface area contributed by atoms with Crippen LogP contribution in [0.2, 0.25) is 0 Å². The van der Waals surface area contributed by atoms with Crippen molar-refractivity contribution in [3.63, 3.8) is 0 Å². The average Bonchev–Trinajstić information content (AvgIpc) is 2.89. The van der Waals surface area contributed by atoms with Crippen LogP contribution in [0.25, 0.3) is 6.08 Å². The first-order valence-corrected chi connectivity index (χ1v) is 9.29. The van der Waals surface area contributed by atoms with Crippen LogP contribution in [0.3, 0.4) is 0 Å². The molecule has 128 valence electrons. The highest BCUT2D eigenvalue weighted by molar-refractivity contribution is 8.26. The molecule has 25 heavy (non-hydrogen) atoms. The second kappa shape index (κ2) is 7.42. The first-order chi connectivity index (χ1) is 12.0. The predicted molar refractivity (Wildman–Crippen MR) is 111 cm³/mol. The molecule has 2 aromatic carbocycles. The maximum Gasteiger partial charge on any atom is 0.266 e. The second-order valence-electron chi connectivity index (χ2n) is 6.12. The van der Waals surface area contributed by atoms with Crippen LogP contribution in [0.1, 0.15) is 24.1 Å². The molecule has 0 bridgehead atoms. The fraction of sp³-hybridized carbons (Fsp3) is 0.200. The molecule has 1 saturated heterocycles. The highest BCUT2D eigenvalue weighted by Gasteiger charge is 2.35. The summed E-state index contributed by atoms with van der Waals surface area (Å²) in [7, 11) is 4.01. The third kappa shape index (κ3) is 3.78. The van der Waals surface area contributed by atoms with Crippen molar-refractivity contribution in [2.75, 3.05) is 19.0 Å². The Bertz CT molecular complexity index is 813. The van der Waals surface area contributed by atoms with Crippen molar-refractivity contribution >= 4 is 46.0 Å². The number of carbonyl (C=O) groups excluding carboxylic acids is 1. The van der Waals surface area contributed by atoms with Gasteiger partial charge in [-0.05, 0) is 36.3 Å². The van der Waals surface area contributed by atoms with Crippen LogP contribution in [0.4, 0.5) is 5.69 Å². The zero-order chi connectivity index (χ0) is 18.0. The number of benzene rings is 2. The van der Waals surface area contributed by atoms with Gasteiger partial charge in [-0.1, -0.05) is 66.4 Å². The summed E-state index contributed by atoms with van der Waals surface area (Å²) in [5, 5.41) is 0. The Morgan fingerprint density at radius 3 is 2.32 bits per heavy atom. The Balaban J connectivity index is 1.83. The van der Waals surface area contributed by atoms with Crippen LogP contribution in [-0.2, 0) is 4.79 Å². The zero-order valence-electron chi connectivity index (χ0n) is 14.5. The van der Waals surface area contributed by atoms with E-state index in [-0.39, 0.29) is 11.9 Å². The number of hydrogen-bond donors (Lipinski definition) is 0. The monoisotopic (exact) mass is 368 g/mol. The van der Waals surface area contributed by atoms with E-state index in [2.05, 4.69) is 0 Å². The number of anilines is 1. The van der Waals surface area contributed by atoms with Gasteiger partial charge in [-0.25, -0.2) is 0 Å². The van der Waals surface area contributed by atoms with Crippen molar-refractivity contribution in [1.82, 2.24) is 4.90 Å². The van der Waals surface area contributed by atoms with Gasteiger partial charge in [0.05, 0.1) is 10.9 Å². The van der Waals surface area contributed by atoms with Gasteiger partial charge in [-0.15, -0.1) is 0 Å². The molecule has 2 aromatic rings. The van der Waals surface area contributed by atoms with Crippen molar-refractivity contribution in [3.8, 4) is 0 Å². The van der Waals surface area contributed by atoms with Gasteiger partial charge in [0.1, 0.15) is 4.32 Å². The zero-order valence-corrected chi connectivity index (χ0v) is 16.1. The maximum absolute atomic E-state index is 12.9. The molecule has 0 radical (unpaired) electrons. The van der Waals surface area contributed by atoms with Crippen molar-refractivity contribution in [3.05, 3.63) is 70.6 Å². The average molecular weight is 369 g/mol. The van der Waals surface area contributed by atoms with Crippen molar-refractivity contribution < 1.29 is 4.79 Å². The Hall–Kier alpha value is -2.11. The fourth-order valence-electron chi connectivity index (χ4n) is 2.71. The molecule has 3 rings (SSSR count). The van der Waals surface area contributed by atoms with Crippen LogP contribution in [0, 0.1) is 0 Å². The van der Waals surface area contributed by atoms with Gasteiger partial charge < -0.3 is 4.90 Å². The summed E-state index contributed by atoms with van der Waals surface area (Å²) >= 11 is 6.83. The van der Waals surface area contributed by atoms with E-state index in [4.69, 9.17) is 12.2 Å². The Morgan fingerprint density at radius 2 is 1.72 bits per heavy atom. The summed E-state index contributed by atoms with van der Waals surface area (Å²) in [4.78, 5) is 17.3. The van der Waals surface area contributed by atoms with Gasteiger partial charge in [0.15, 0.2) is 0 Å². The van der Waals surface area contributed by atoms with Crippen molar-refractivity contribution in [1.29, 1.82) is 0 Å². The number of rotatable bonds is 4. The molecule has 1 heterocycles. The Labute approximate surface area is 158 Å². The first-order valence-electron chi connectivity index (χ1n) is 8.07. The van der Waals surface area contributed by atoms with E-state index in [0.717, 1.165) is 16.8 Å². The molecule has 0 N–H and O–H groups in total. The topological polar surface area (TPSA) is 23.6 Å². The van der Waals surface area contributed by atoms with E-state index in [1.54, 1.807) is 4.90 Å².